The fourth-order valence-electron chi connectivity index (χ4n) is 2.69. The average Bonchev–Trinajstić information content (AvgIpc) is 3.28. The summed E-state index contributed by atoms with van der Waals surface area (Å²) in [6.45, 7) is 1.18. The van der Waals surface area contributed by atoms with Crippen LogP contribution >= 0.6 is 0 Å². The first-order valence-electron chi connectivity index (χ1n) is 7.02. The van der Waals surface area contributed by atoms with E-state index in [1.165, 1.54) is 5.56 Å². The predicted molar refractivity (Wildman–Crippen MR) is 72.6 cm³/mol. The number of hydrogen-bond acceptors (Lipinski definition) is 3. The van der Waals surface area contributed by atoms with Crippen LogP contribution in [0.25, 0.3) is 0 Å². The van der Waals surface area contributed by atoms with Gasteiger partial charge in [-0.1, -0.05) is 24.3 Å². The zero-order chi connectivity index (χ0) is 13.2. The van der Waals surface area contributed by atoms with Crippen LogP contribution in [0.1, 0.15) is 30.0 Å². The van der Waals surface area contributed by atoms with E-state index in [1.54, 1.807) is 0 Å². The molecule has 2 aliphatic rings. The Morgan fingerprint density at radius 3 is 3.00 bits per heavy atom. The lowest BCUT2D eigenvalue weighted by atomic mass is 9.94. The number of carbonyl (C=O) groups is 1. The lowest BCUT2D eigenvalue weighted by Crippen LogP contribution is -2.43. The molecule has 1 fully saturated rings. The van der Waals surface area contributed by atoms with Crippen molar-refractivity contribution in [2.45, 2.75) is 31.4 Å². The van der Waals surface area contributed by atoms with Gasteiger partial charge in [-0.05, 0) is 36.3 Å². The number of nitrogens with one attached hydrogen (secondary N) is 2. The van der Waals surface area contributed by atoms with Crippen LogP contribution < -0.4 is 10.6 Å². The predicted octanol–water partition coefficient (Wildman–Crippen LogP) is 0.760. The molecular weight excluding hydrogens is 240 g/mol. The minimum Gasteiger partial charge on any atom is -0.391 e. The van der Waals surface area contributed by atoms with Crippen molar-refractivity contribution in [1.82, 2.24) is 10.6 Å². The van der Waals surface area contributed by atoms with Crippen molar-refractivity contribution in [3.05, 3.63) is 35.4 Å². The van der Waals surface area contributed by atoms with Crippen LogP contribution in [-0.4, -0.2) is 30.2 Å². The van der Waals surface area contributed by atoms with Gasteiger partial charge in [0.05, 0.1) is 6.10 Å². The SMILES string of the molecule is O=C(NCC(O)C1CC1)C1NCCc2ccccc21. The second kappa shape index (κ2) is 5.31. The highest BCUT2D eigenvalue weighted by Gasteiger charge is 2.31. The Balaban J connectivity index is 1.63. The van der Waals surface area contributed by atoms with E-state index in [1.807, 2.05) is 18.2 Å². The number of carbonyl (C=O) groups excluding carboxylic acids is 1. The van der Waals surface area contributed by atoms with E-state index >= 15 is 0 Å². The molecule has 1 amide bonds. The maximum atomic E-state index is 12.2. The fraction of sp³-hybridized carbons (Fsp3) is 0.533. The molecule has 19 heavy (non-hydrogen) atoms. The summed E-state index contributed by atoms with van der Waals surface area (Å²) in [5.41, 5.74) is 2.30. The van der Waals surface area contributed by atoms with E-state index in [-0.39, 0.29) is 18.1 Å². The molecule has 4 nitrogen and oxygen atoms in total. The first-order valence-corrected chi connectivity index (χ1v) is 7.02. The van der Waals surface area contributed by atoms with Crippen LogP contribution in [-0.2, 0) is 11.2 Å². The third-order valence-electron chi connectivity index (χ3n) is 4.02. The molecule has 0 radical (unpaired) electrons. The lowest BCUT2D eigenvalue weighted by Gasteiger charge is -2.26. The molecule has 0 aromatic heterocycles. The van der Waals surface area contributed by atoms with Crippen molar-refractivity contribution in [1.29, 1.82) is 0 Å². The molecule has 1 aromatic rings. The summed E-state index contributed by atoms with van der Waals surface area (Å²) in [7, 11) is 0. The normalized spacial score (nSPS) is 23.5. The van der Waals surface area contributed by atoms with E-state index in [0.29, 0.717) is 12.5 Å². The van der Waals surface area contributed by atoms with E-state index in [4.69, 9.17) is 0 Å². The molecule has 2 unspecified atom stereocenters. The Labute approximate surface area is 113 Å². The van der Waals surface area contributed by atoms with Crippen molar-refractivity contribution in [3.8, 4) is 0 Å². The molecule has 0 spiro atoms. The van der Waals surface area contributed by atoms with Gasteiger partial charge in [0.25, 0.3) is 0 Å². The van der Waals surface area contributed by atoms with Crippen molar-refractivity contribution in [2.75, 3.05) is 13.1 Å². The lowest BCUT2D eigenvalue weighted by molar-refractivity contribution is -0.124. The summed E-state index contributed by atoms with van der Waals surface area (Å²) in [6, 6.07) is 7.77. The molecule has 102 valence electrons. The maximum absolute atomic E-state index is 12.2. The summed E-state index contributed by atoms with van der Waals surface area (Å²) in [5, 5.41) is 15.9. The standard InChI is InChI=1S/C15H20N2O2/c18-13(11-5-6-11)9-17-15(19)14-12-4-2-1-3-10(12)7-8-16-14/h1-4,11,13-14,16,18H,5-9H2,(H,17,19). The van der Waals surface area contributed by atoms with Crippen LogP contribution in [0.15, 0.2) is 24.3 Å². The van der Waals surface area contributed by atoms with Gasteiger partial charge in [-0.15, -0.1) is 0 Å². The number of benzene rings is 1. The van der Waals surface area contributed by atoms with E-state index in [2.05, 4.69) is 16.7 Å². The van der Waals surface area contributed by atoms with Crippen molar-refractivity contribution < 1.29 is 9.90 Å². The van der Waals surface area contributed by atoms with Gasteiger partial charge in [-0.25, -0.2) is 0 Å². The molecule has 3 N–H and O–H groups in total. The smallest absolute Gasteiger partial charge is 0.241 e. The third kappa shape index (κ3) is 2.80. The Morgan fingerprint density at radius 1 is 1.42 bits per heavy atom. The van der Waals surface area contributed by atoms with Gasteiger partial charge in [0, 0.05) is 13.1 Å². The van der Waals surface area contributed by atoms with Gasteiger partial charge in [0.1, 0.15) is 6.04 Å². The fourth-order valence-corrected chi connectivity index (χ4v) is 2.69. The van der Waals surface area contributed by atoms with Gasteiger partial charge < -0.3 is 15.7 Å². The average molecular weight is 260 g/mol. The highest BCUT2D eigenvalue weighted by atomic mass is 16.3. The quantitative estimate of drug-likeness (QED) is 0.749. The monoisotopic (exact) mass is 260 g/mol. The van der Waals surface area contributed by atoms with Gasteiger partial charge in [0.2, 0.25) is 5.91 Å². The van der Waals surface area contributed by atoms with Gasteiger partial charge in [0.15, 0.2) is 0 Å². The first-order chi connectivity index (χ1) is 9.25. The summed E-state index contributed by atoms with van der Waals surface area (Å²) in [6.07, 6.45) is 2.75. The minimum atomic E-state index is -0.386. The Hall–Kier alpha value is -1.39. The minimum absolute atomic E-state index is 0.0353. The highest BCUT2D eigenvalue weighted by Crippen LogP contribution is 2.32. The molecule has 0 saturated heterocycles. The van der Waals surface area contributed by atoms with Crippen LogP contribution in [0.4, 0.5) is 0 Å². The number of fused-ring (bicyclic) bond motifs is 1. The van der Waals surface area contributed by atoms with Gasteiger partial charge in [-0.2, -0.15) is 0 Å². The summed E-state index contributed by atoms with van der Waals surface area (Å²) in [4.78, 5) is 12.2. The number of aliphatic hydroxyl groups is 1. The first kappa shape index (κ1) is 12.6. The Morgan fingerprint density at radius 2 is 2.21 bits per heavy atom. The number of amides is 1. The number of aliphatic hydroxyl groups excluding tert-OH is 1. The van der Waals surface area contributed by atoms with Gasteiger partial charge >= 0.3 is 0 Å². The van der Waals surface area contributed by atoms with Gasteiger partial charge in [-0.3, -0.25) is 4.79 Å². The second-order valence-corrected chi connectivity index (χ2v) is 5.49. The van der Waals surface area contributed by atoms with E-state index in [0.717, 1.165) is 31.4 Å². The molecule has 1 aliphatic carbocycles. The van der Waals surface area contributed by atoms with Crippen molar-refractivity contribution in [3.63, 3.8) is 0 Å². The topological polar surface area (TPSA) is 61.4 Å². The molecule has 2 atom stereocenters. The molecule has 4 heteroatoms. The third-order valence-corrected chi connectivity index (χ3v) is 4.02. The molecule has 0 bridgehead atoms. The maximum Gasteiger partial charge on any atom is 0.241 e. The van der Waals surface area contributed by atoms with Crippen LogP contribution in [0, 0.1) is 5.92 Å². The van der Waals surface area contributed by atoms with Crippen LogP contribution in [0.5, 0.6) is 0 Å². The van der Waals surface area contributed by atoms with Crippen LogP contribution in [0.3, 0.4) is 0 Å². The number of rotatable bonds is 4. The van der Waals surface area contributed by atoms with E-state index < -0.39 is 0 Å². The summed E-state index contributed by atoms with van der Waals surface area (Å²) < 4.78 is 0. The second-order valence-electron chi connectivity index (χ2n) is 5.49. The molecule has 3 rings (SSSR count). The zero-order valence-corrected chi connectivity index (χ0v) is 10.9. The highest BCUT2D eigenvalue weighted by molar-refractivity contribution is 5.84. The summed E-state index contributed by atoms with van der Waals surface area (Å²) >= 11 is 0. The molecular formula is C15H20N2O2. The largest absolute Gasteiger partial charge is 0.391 e. The molecule has 1 heterocycles. The van der Waals surface area contributed by atoms with Crippen molar-refractivity contribution in [2.24, 2.45) is 5.92 Å². The number of hydrogen-bond donors (Lipinski definition) is 3. The van der Waals surface area contributed by atoms with Crippen LogP contribution in [0.2, 0.25) is 0 Å². The Kier molecular flexibility index (Phi) is 3.53. The Bertz CT molecular complexity index is 471. The van der Waals surface area contributed by atoms with E-state index in [9.17, 15) is 9.90 Å². The molecule has 1 saturated carbocycles. The summed E-state index contributed by atoms with van der Waals surface area (Å²) in [5.74, 6) is 0.360. The molecule has 1 aromatic carbocycles. The molecule has 1 aliphatic heterocycles. The zero-order valence-electron chi connectivity index (χ0n) is 10.9. The van der Waals surface area contributed by atoms with Crippen molar-refractivity contribution >= 4 is 5.91 Å².